The van der Waals surface area contributed by atoms with Crippen LogP contribution < -0.4 is 5.73 Å². The Labute approximate surface area is 77.5 Å². The van der Waals surface area contributed by atoms with Crippen LogP contribution in [0.15, 0.2) is 17.0 Å². The van der Waals surface area contributed by atoms with Gasteiger partial charge in [0, 0.05) is 13.2 Å². The Morgan fingerprint density at radius 3 is 3.08 bits per heavy atom. The predicted molar refractivity (Wildman–Crippen MR) is 50.6 cm³/mol. The molecule has 5 heteroatoms. The standard InChI is InChI=1S/C7H7BrN4/c1-12-3-4(9)6-7(12)10-2-5(8)11-6/h2-3H,9H2,1H3. The normalized spacial score (nSPS) is 10.8. The molecule has 2 aromatic heterocycles. The monoisotopic (exact) mass is 226 g/mol. The number of anilines is 1. The van der Waals surface area contributed by atoms with E-state index in [4.69, 9.17) is 5.73 Å². The molecule has 0 bridgehead atoms. The van der Waals surface area contributed by atoms with E-state index in [1.165, 1.54) is 0 Å². The Bertz CT molecular complexity index is 434. The fraction of sp³-hybridized carbons (Fsp3) is 0.143. The van der Waals surface area contributed by atoms with Gasteiger partial charge in [0.25, 0.3) is 0 Å². The van der Waals surface area contributed by atoms with Gasteiger partial charge in [-0.2, -0.15) is 0 Å². The Balaban J connectivity index is 2.90. The van der Waals surface area contributed by atoms with E-state index in [0.29, 0.717) is 10.3 Å². The minimum Gasteiger partial charge on any atom is -0.396 e. The van der Waals surface area contributed by atoms with Crippen molar-refractivity contribution in [3.05, 3.63) is 17.0 Å². The summed E-state index contributed by atoms with van der Waals surface area (Å²) < 4.78 is 2.55. The van der Waals surface area contributed by atoms with E-state index in [-0.39, 0.29) is 0 Å². The van der Waals surface area contributed by atoms with E-state index < -0.39 is 0 Å². The van der Waals surface area contributed by atoms with E-state index in [0.717, 1.165) is 11.2 Å². The number of aromatic nitrogens is 3. The molecule has 2 N–H and O–H groups in total. The first-order valence-corrected chi connectivity index (χ1v) is 4.21. The van der Waals surface area contributed by atoms with Crippen LogP contribution in [0.5, 0.6) is 0 Å². The van der Waals surface area contributed by atoms with E-state index in [2.05, 4.69) is 25.9 Å². The first-order valence-electron chi connectivity index (χ1n) is 3.41. The summed E-state index contributed by atoms with van der Waals surface area (Å²) in [7, 11) is 1.89. The number of aryl methyl sites for hydroxylation is 1. The molecule has 4 nitrogen and oxygen atoms in total. The van der Waals surface area contributed by atoms with Crippen LogP contribution in [0.25, 0.3) is 11.2 Å². The lowest BCUT2D eigenvalue weighted by molar-refractivity contribution is 0.946. The molecule has 12 heavy (non-hydrogen) atoms. The average Bonchev–Trinajstić information content (AvgIpc) is 2.28. The number of nitrogens with two attached hydrogens (primary N) is 1. The molecule has 0 atom stereocenters. The predicted octanol–water partition coefficient (Wildman–Crippen LogP) is 1.31. The maximum Gasteiger partial charge on any atom is 0.160 e. The Morgan fingerprint density at radius 1 is 1.58 bits per heavy atom. The molecule has 0 saturated carbocycles. The van der Waals surface area contributed by atoms with Gasteiger partial charge in [0.15, 0.2) is 5.65 Å². The highest BCUT2D eigenvalue weighted by Crippen LogP contribution is 2.19. The Morgan fingerprint density at radius 2 is 2.33 bits per heavy atom. The fourth-order valence-corrected chi connectivity index (χ4v) is 1.42. The molecule has 0 aromatic carbocycles. The summed E-state index contributed by atoms with van der Waals surface area (Å²) >= 11 is 3.24. The van der Waals surface area contributed by atoms with E-state index >= 15 is 0 Å². The smallest absolute Gasteiger partial charge is 0.160 e. The van der Waals surface area contributed by atoms with Gasteiger partial charge in [-0.3, -0.25) is 0 Å². The van der Waals surface area contributed by atoms with Crippen LogP contribution in [0, 0.1) is 0 Å². The number of hydrogen-bond donors (Lipinski definition) is 1. The van der Waals surface area contributed by atoms with Crippen LogP contribution in [-0.4, -0.2) is 14.5 Å². The van der Waals surface area contributed by atoms with Crippen LogP contribution >= 0.6 is 15.9 Å². The lowest BCUT2D eigenvalue weighted by Crippen LogP contribution is -1.88. The molecule has 0 aliphatic heterocycles. The Kier molecular flexibility index (Phi) is 1.54. The van der Waals surface area contributed by atoms with Crippen molar-refractivity contribution in [3.8, 4) is 0 Å². The molecule has 0 spiro atoms. The highest BCUT2D eigenvalue weighted by molar-refractivity contribution is 9.10. The zero-order valence-corrected chi connectivity index (χ0v) is 8.04. The molecule has 0 aliphatic rings. The molecule has 2 heterocycles. The second-order valence-corrected chi connectivity index (χ2v) is 3.37. The first-order chi connectivity index (χ1) is 5.68. The second-order valence-electron chi connectivity index (χ2n) is 2.56. The maximum absolute atomic E-state index is 5.70. The van der Waals surface area contributed by atoms with Gasteiger partial charge in [0.1, 0.15) is 10.1 Å². The van der Waals surface area contributed by atoms with Crippen LogP contribution in [0.1, 0.15) is 0 Å². The molecule has 2 aromatic rings. The molecule has 0 aliphatic carbocycles. The third kappa shape index (κ3) is 0.972. The second kappa shape index (κ2) is 2.45. The van der Waals surface area contributed by atoms with Gasteiger partial charge in [0.05, 0.1) is 11.9 Å². The third-order valence-electron chi connectivity index (χ3n) is 1.66. The first kappa shape index (κ1) is 7.54. The van der Waals surface area contributed by atoms with Crippen molar-refractivity contribution in [2.75, 3.05) is 5.73 Å². The maximum atomic E-state index is 5.70. The summed E-state index contributed by atoms with van der Waals surface area (Å²) in [5, 5.41) is 0. The molecule has 0 unspecified atom stereocenters. The van der Waals surface area contributed by atoms with Gasteiger partial charge in [-0.15, -0.1) is 0 Å². The van der Waals surface area contributed by atoms with Gasteiger partial charge in [-0.1, -0.05) is 0 Å². The number of rotatable bonds is 0. The Hall–Kier alpha value is -1.10. The molecular formula is C7H7BrN4. The van der Waals surface area contributed by atoms with Gasteiger partial charge in [-0.05, 0) is 15.9 Å². The molecular weight excluding hydrogens is 220 g/mol. The minimum absolute atomic E-state index is 0.654. The number of hydrogen-bond acceptors (Lipinski definition) is 3. The quantitative estimate of drug-likeness (QED) is 0.738. The summed E-state index contributed by atoms with van der Waals surface area (Å²) in [4.78, 5) is 8.38. The molecule has 62 valence electrons. The lowest BCUT2D eigenvalue weighted by Gasteiger charge is -1.93. The zero-order valence-electron chi connectivity index (χ0n) is 6.45. The minimum atomic E-state index is 0.654. The van der Waals surface area contributed by atoms with Crippen molar-refractivity contribution in [2.45, 2.75) is 0 Å². The molecule has 0 fully saturated rings. The summed E-state index contributed by atoms with van der Waals surface area (Å²) in [6.45, 7) is 0. The summed E-state index contributed by atoms with van der Waals surface area (Å²) in [6.07, 6.45) is 3.46. The van der Waals surface area contributed by atoms with Crippen molar-refractivity contribution in [3.63, 3.8) is 0 Å². The van der Waals surface area contributed by atoms with Gasteiger partial charge < -0.3 is 10.3 Å². The third-order valence-corrected chi connectivity index (χ3v) is 2.05. The molecule has 2 rings (SSSR count). The highest BCUT2D eigenvalue weighted by atomic mass is 79.9. The van der Waals surface area contributed by atoms with E-state index in [9.17, 15) is 0 Å². The number of fused-ring (bicyclic) bond motifs is 1. The van der Waals surface area contributed by atoms with E-state index in [1.54, 1.807) is 12.4 Å². The van der Waals surface area contributed by atoms with Crippen LogP contribution in [0.3, 0.4) is 0 Å². The summed E-state index contributed by atoms with van der Waals surface area (Å²) in [5.74, 6) is 0. The summed E-state index contributed by atoms with van der Waals surface area (Å²) in [5.41, 5.74) is 7.90. The van der Waals surface area contributed by atoms with Crippen LogP contribution in [0.4, 0.5) is 5.69 Å². The van der Waals surface area contributed by atoms with Crippen molar-refractivity contribution < 1.29 is 0 Å². The van der Waals surface area contributed by atoms with E-state index in [1.807, 2.05) is 11.6 Å². The molecule has 0 amide bonds. The van der Waals surface area contributed by atoms with Gasteiger partial charge in [0.2, 0.25) is 0 Å². The summed E-state index contributed by atoms with van der Waals surface area (Å²) in [6, 6.07) is 0. The average molecular weight is 227 g/mol. The SMILES string of the molecule is Cn1cc(N)c2nc(Br)cnc21. The van der Waals surface area contributed by atoms with Crippen LogP contribution in [0.2, 0.25) is 0 Å². The van der Waals surface area contributed by atoms with Crippen molar-refractivity contribution in [1.29, 1.82) is 0 Å². The highest BCUT2D eigenvalue weighted by Gasteiger charge is 2.05. The van der Waals surface area contributed by atoms with Crippen molar-refractivity contribution in [1.82, 2.24) is 14.5 Å². The van der Waals surface area contributed by atoms with Gasteiger partial charge >= 0.3 is 0 Å². The zero-order chi connectivity index (χ0) is 8.72. The van der Waals surface area contributed by atoms with Crippen molar-refractivity contribution >= 4 is 32.8 Å². The number of nitrogen functional groups attached to an aromatic ring is 1. The lowest BCUT2D eigenvalue weighted by atomic mass is 10.5. The van der Waals surface area contributed by atoms with Crippen molar-refractivity contribution in [2.24, 2.45) is 7.05 Å². The molecule has 0 radical (unpaired) electrons. The number of halogens is 1. The largest absolute Gasteiger partial charge is 0.396 e. The fourth-order valence-electron chi connectivity index (χ4n) is 1.14. The van der Waals surface area contributed by atoms with Crippen LogP contribution in [-0.2, 0) is 7.05 Å². The number of nitrogens with zero attached hydrogens (tertiary/aromatic N) is 3. The van der Waals surface area contributed by atoms with Gasteiger partial charge in [-0.25, -0.2) is 9.97 Å². The topological polar surface area (TPSA) is 56.7 Å². The molecule has 0 saturated heterocycles.